The number of pyridine rings is 1. The summed E-state index contributed by atoms with van der Waals surface area (Å²) in [7, 11) is 0. The van der Waals surface area contributed by atoms with Crippen molar-refractivity contribution in [1.82, 2.24) is 15.3 Å². The molecule has 0 aliphatic heterocycles. The monoisotopic (exact) mass is 353 g/mol. The number of carbonyl (C=O) groups excluding carboxylic acids is 1. The third-order valence-corrected chi connectivity index (χ3v) is 4.52. The average molecular weight is 353 g/mol. The maximum absolute atomic E-state index is 12.4. The summed E-state index contributed by atoms with van der Waals surface area (Å²) in [6, 6.07) is 13.2. The molecule has 0 fully saturated rings. The quantitative estimate of drug-likeness (QED) is 0.725. The molecule has 1 amide bonds. The first-order valence-electron chi connectivity index (χ1n) is 8.08. The smallest absolute Gasteiger partial charge is 0.271 e. The normalized spacial score (nSPS) is 11.8. The third kappa shape index (κ3) is 4.22. The summed E-state index contributed by atoms with van der Waals surface area (Å²) in [5.41, 5.74) is 2.19. The van der Waals surface area contributed by atoms with Crippen LogP contribution in [-0.2, 0) is 0 Å². The number of ether oxygens (including phenoxy) is 1. The molecule has 1 atom stereocenters. The summed E-state index contributed by atoms with van der Waals surface area (Å²) in [4.78, 5) is 21.1. The van der Waals surface area contributed by atoms with Gasteiger partial charge in [0.2, 0.25) is 0 Å². The highest BCUT2D eigenvalue weighted by atomic mass is 32.1. The van der Waals surface area contributed by atoms with E-state index in [1.165, 1.54) is 11.3 Å². The van der Waals surface area contributed by atoms with Gasteiger partial charge in [-0.1, -0.05) is 6.07 Å². The van der Waals surface area contributed by atoms with Crippen LogP contribution in [0.4, 0.5) is 0 Å². The van der Waals surface area contributed by atoms with Crippen LogP contribution in [0.15, 0.2) is 54.0 Å². The van der Waals surface area contributed by atoms with E-state index in [-0.39, 0.29) is 11.9 Å². The molecule has 3 aromatic rings. The second-order valence-electron chi connectivity index (χ2n) is 5.45. The van der Waals surface area contributed by atoms with Gasteiger partial charge in [-0.15, -0.1) is 11.3 Å². The molecule has 0 spiro atoms. The summed E-state index contributed by atoms with van der Waals surface area (Å²) < 4.78 is 5.44. The number of hydrogen-bond donors (Lipinski definition) is 1. The number of rotatable bonds is 6. The second kappa shape index (κ2) is 7.90. The Morgan fingerprint density at radius 1 is 1.24 bits per heavy atom. The van der Waals surface area contributed by atoms with Crippen molar-refractivity contribution in [3.8, 4) is 16.3 Å². The lowest BCUT2D eigenvalue weighted by Gasteiger charge is -2.11. The van der Waals surface area contributed by atoms with Crippen molar-refractivity contribution in [3.63, 3.8) is 0 Å². The molecular formula is C19H19N3O2S. The minimum Gasteiger partial charge on any atom is -0.494 e. The van der Waals surface area contributed by atoms with Gasteiger partial charge in [0.15, 0.2) is 0 Å². The lowest BCUT2D eigenvalue weighted by Crippen LogP contribution is -2.27. The zero-order valence-electron chi connectivity index (χ0n) is 14.1. The van der Waals surface area contributed by atoms with Gasteiger partial charge >= 0.3 is 0 Å². The Morgan fingerprint density at radius 2 is 2.04 bits per heavy atom. The number of nitrogens with one attached hydrogen (secondary N) is 1. The number of aromatic nitrogens is 2. The van der Waals surface area contributed by atoms with E-state index in [0.29, 0.717) is 12.3 Å². The van der Waals surface area contributed by atoms with Crippen LogP contribution >= 0.6 is 11.3 Å². The number of nitrogens with zero attached hydrogens (tertiary/aromatic N) is 2. The summed E-state index contributed by atoms with van der Waals surface area (Å²) >= 11 is 1.44. The van der Waals surface area contributed by atoms with Crippen molar-refractivity contribution in [2.24, 2.45) is 0 Å². The van der Waals surface area contributed by atoms with Crippen molar-refractivity contribution in [1.29, 1.82) is 0 Å². The van der Waals surface area contributed by atoms with E-state index in [0.717, 1.165) is 22.0 Å². The average Bonchev–Trinajstić information content (AvgIpc) is 3.13. The van der Waals surface area contributed by atoms with Gasteiger partial charge in [0.05, 0.1) is 18.3 Å². The Bertz CT molecular complexity index is 831. The van der Waals surface area contributed by atoms with Crippen LogP contribution in [0.25, 0.3) is 10.6 Å². The molecule has 25 heavy (non-hydrogen) atoms. The molecule has 1 N–H and O–H groups in total. The Morgan fingerprint density at radius 3 is 2.72 bits per heavy atom. The van der Waals surface area contributed by atoms with Crippen LogP contribution in [0.5, 0.6) is 5.75 Å². The highest BCUT2D eigenvalue weighted by molar-refractivity contribution is 7.13. The molecule has 0 saturated heterocycles. The zero-order valence-corrected chi connectivity index (χ0v) is 14.9. The summed E-state index contributed by atoms with van der Waals surface area (Å²) in [5.74, 6) is 0.622. The Balaban J connectivity index is 1.69. The van der Waals surface area contributed by atoms with Gasteiger partial charge in [-0.3, -0.25) is 9.78 Å². The predicted octanol–water partition coefficient (Wildman–Crippen LogP) is 4.09. The van der Waals surface area contributed by atoms with Gasteiger partial charge in [-0.05, 0) is 50.2 Å². The third-order valence-electron chi connectivity index (χ3n) is 3.63. The number of thiazole rings is 1. The van der Waals surface area contributed by atoms with Gasteiger partial charge in [0.1, 0.15) is 16.5 Å². The number of benzene rings is 1. The molecule has 0 saturated carbocycles. The maximum atomic E-state index is 12.4. The highest BCUT2D eigenvalue weighted by Gasteiger charge is 2.15. The zero-order chi connectivity index (χ0) is 17.6. The minimum atomic E-state index is -0.202. The Labute approximate surface area is 150 Å². The van der Waals surface area contributed by atoms with Crippen molar-refractivity contribution < 1.29 is 9.53 Å². The molecule has 128 valence electrons. The molecule has 5 nitrogen and oxygen atoms in total. The predicted molar refractivity (Wildman–Crippen MR) is 98.8 cm³/mol. The molecule has 1 unspecified atom stereocenters. The molecule has 3 rings (SSSR count). The number of amides is 1. The van der Waals surface area contributed by atoms with Crippen LogP contribution in [0, 0.1) is 0 Å². The number of hydrogen-bond acceptors (Lipinski definition) is 5. The first-order valence-corrected chi connectivity index (χ1v) is 8.96. The van der Waals surface area contributed by atoms with E-state index in [9.17, 15) is 4.79 Å². The van der Waals surface area contributed by atoms with E-state index in [4.69, 9.17) is 4.74 Å². The highest BCUT2D eigenvalue weighted by Crippen LogP contribution is 2.26. The molecule has 6 heteroatoms. The van der Waals surface area contributed by atoms with Gasteiger partial charge in [-0.2, -0.15) is 0 Å². The van der Waals surface area contributed by atoms with Gasteiger partial charge in [-0.25, -0.2) is 4.98 Å². The van der Waals surface area contributed by atoms with Crippen molar-refractivity contribution in [2.75, 3.05) is 6.61 Å². The maximum Gasteiger partial charge on any atom is 0.271 e. The molecule has 0 bridgehead atoms. The Kier molecular flexibility index (Phi) is 5.40. The first-order chi connectivity index (χ1) is 12.2. The van der Waals surface area contributed by atoms with Gasteiger partial charge in [0.25, 0.3) is 5.91 Å². The Hall–Kier alpha value is -2.73. The van der Waals surface area contributed by atoms with Crippen LogP contribution in [0.2, 0.25) is 0 Å². The van der Waals surface area contributed by atoms with E-state index < -0.39 is 0 Å². The standard InChI is InChI=1S/C19H19N3O2S/c1-3-24-15-9-7-14(8-10-15)19-22-17(12-25-19)18(23)21-13(2)16-6-4-5-11-20-16/h4-13H,3H2,1-2H3,(H,21,23). The van der Waals surface area contributed by atoms with E-state index in [2.05, 4.69) is 15.3 Å². The largest absolute Gasteiger partial charge is 0.494 e. The fourth-order valence-electron chi connectivity index (χ4n) is 2.35. The van der Waals surface area contributed by atoms with Crippen LogP contribution in [0.3, 0.4) is 0 Å². The molecule has 1 aromatic carbocycles. The molecule has 2 heterocycles. The molecule has 0 radical (unpaired) electrons. The fourth-order valence-corrected chi connectivity index (χ4v) is 3.15. The van der Waals surface area contributed by atoms with E-state index in [1.54, 1.807) is 11.6 Å². The lowest BCUT2D eigenvalue weighted by atomic mass is 10.2. The van der Waals surface area contributed by atoms with Crippen LogP contribution in [0.1, 0.15) is 36.1 Å². The van der Waals surface area contributed by atoms with Gasteiger partial charge in [0, 0.05) is 17.1 Å². The van der Waals surface area contributed by atoms with Gasteiger partial charge < -0.3 is 10.1 Å². The van der Waals surface area contributed by atoms with E-state index >= 15 is 0 Å². The second-order valence-corrected chi connectivity index (χ2v) is 6.30. The molecule has 0 aliphatic carbocycles. The van der Waals surface area contributed by atoms with Crippen molar-refractivity contribution in [3.05, 3.63) is 65.4 Å². The summed E-state index contributed by atoms with van der Waals surface area (Å²) in [6.07, 6.45) is 1.71. The lowest BCUT2D eigenvalue weighted by molar-refractivity contribution is 0.0935. The molecular weight excluding hydrogens is 334 g/mol. The molecule has 2 aromatic heterocycles. The van der Waals surface area contributed by atoms with Crippen molar-refractivity contribution >= 4 is 17.2 Å². The first kappa shape index (κ1) is 17.1. The SMILES string of the molecule is CCOc1ccc(-c2nc(C(=O)NC(C)c3ccccn3)cs2)cc1. The van der Waals surface area contributed by atoms with Crippen molar-refractivity contribution in [2.45, 2.75) is 19.9 Å². The van der Waals surface area contributed by atoms with Crippen LogP contribution in [-0.4, -0.2) is 22.5 Å². The van der Waals surface area contributed by atoms with E-state index in [1.807, 2.05) is 56.3 Å². The topological polar surface area (TPSA) is 64.1 Å². The number of carbonyl (C=O) groups is 1. The molecule has 0 aliphatic rings. The summed E-state index contributed by atoms with van der Waals surface area (Å²) in [6.45, 7) is 4.49. The fraction of sp³-hybridized carbons (Fsp3) is 0.211. The summed E-state index contributed by atoms with van der Waals surface area (Å²) in [5, 5.41) is 5.50. The minimum absolute atomic E-state index is 0.177. The van der Waals surface area contributed by atoms with Crippen LogP contribution < -0.4 is 10.1 Å².